The highest BCUT2D eigenvalue weighted by Gasteiger charge is 2.08. The van der Waals surface area contributed by atoms with Crippen molar-refractivity contribution in [2.75, 3.05) is 11.9 Å². The predicted molar refractivity (Wildman–Crippen MR) is 134 cm³/mol. The van der Waals surface area contributed by atoms with Crippen LogP contribution < -0.4 is 20.2 Å². The lowest BCUT2D eigenvalue weighted by Gasteiger charge is -2.13. The minimum atomic E-state index is -0.439. The van der Waals surface area contributed by atoms with Crippen molar-refractivity contribution in [1.29, 1.82) is 0 Å². The summed E-state index contributed by atoms with van der Waals surface area (Å²) in [7, 11) is 0. The number of urea groups is 1. The summed E-state index contributed by atoms with van der Waals surface area (Å²) in [5.74, 6) is 1.54. The maximum atomic E-state index is 12.1. The first-order valence-electron chi connectivity index (χ1n) is 10.4. The van der Waals surface area contributed by atoms with E-state index in [2.05, 4.69) is 15.8 Å². The van der Waals surface area contributed by atoms with Crippen LogP contribution in [0.15, 0.2) is 59.7 Å². The molecule has 0 aromatic heterocycles. The van der Waals surface area contributed by atoms with Gasteiger partial charge in [0.15, 0.2) is 0 Å². The van der Waals surface area contributed by atoms with Crippen LogP contribution in [0.2, 0.25) is 10.0 Å². The molecule has 0 aliphatic rings. The third-order valence-corrected chi connectivity index (χ3v) is 5.39. The molecule has 0 radical (unpaired) electrons. The lowest BCUT2D eigenvalue weighted by Crippen LogP contribution is -2.24. The van der Waals surface area contributed by atoms with Crippen LogP contribution in [0.1, 0.15) is 29.2 Å². The zero-order valence-corrected chi connectivity index (χ0v) is 20.1. The number of hydrazone groups is 1. The minimum Gasteiger partial charge on any atom is -0.494 e. The van der Waals surface area contributed by atoms with Crippen molar-refractivity contribution in [3.8, 4) is 11.5 Å². The molecule has 3 aromatic rings. The van der Waals surface area contributed by atoms with Crippen LogP contribution in [0, 0.1) is 13.8 Å². The molecule has 0 atom stereocenters. The Hall–Kier alpha value is -3.22. The van der Waals surface area contributed by atoms with Gasteiger partial charge in [-0.2, -0.15) is 5.10 Å². The largest absolute Gasteiger partial charge is 0.494 e. The average molecular weight is 486 g/mol. The van der Waals surface area contributed by atoms with Gasteiger partial charge in [-0.15, -0.1) is 0 Å². The van der Waals surface area contributed by atoms with Gasteiger partial charge in [0.1, 0.15) is 18.1 Å². The third-order valence-electron chi connectivity index (χ3n) is 4.65. The summed E-state index contributed by atoms with van der Waals surface area (Å²) in [6.45, 7) is 6.80. The number of nitrogens with zero attached hydrogens (tertiary/aromatic N) is 1. The normalized spacial score (nSPS) is 10.8. The Morgan fingerprint density at radius 3 is 2.30 bits per heavy atom. The zero-order chi connectivity index (χ0) is 23.8. The second kappa shape index (κ2) is 11.6. The van der Waals surface area contributed by atoms with E-state index in [9.17, 15) is 4.79 Å². The number of carbonyl (C=O) groups excluding carboxylic acids is 1. The van der Waals surface area contributed by atoms with Crippen LogP contribution in [-0.2, 0) is 6.61 Å². The highest BCUT2D eigenvalue weighted by atomic mass is 35.5. The molecule has 0 saturated heterocycles. The molecule has 3 aromatic carbocycles. The second-order valence-corrected chi connectivity index (χ2v) is 8.12. The average Bonchev–Trinajstić information content (AvgIpc) is 2.77. The van der Waals surface area contributed by atoms with Gasteiger partial charge in [-0.3, -0.25) is 0 Å². The number of benzene rings is 3. The Bertz CT molecular complexity index is 1130. The monoisotopic (exact) mass is 485 g/mol. The number of carbonyl (C=O) groups is 1. The summed E-state index contributed by atoms with van der Waals surface area (Å²) in [6, 6.07) is 16.0. The number of nitrogens with one attached hydrogen (secondary N) is 2. The Kier molecular flexibility index (Phi) is 8.58. The van der Waals surface area contributed by atoms with Gasteiger partial charge in [0, 0.05) is 5.69 Å². The van der Waals surface area contributed by atoms with Gasteiger partial charge in [-0.25, -0.2) is 10.2 Å². The molecule has 33 heavy (non-hydrogen) atoms. The third kappa shape index (κ3) is 7.14. The number of aryl methyl sites for hydroxylation is 2. The maximum Gasteiger partial charge on any atom is 0.339 e. The fraction of sp³-hybridized carbons (Fsp3) is 0.200. The zero-order valence-electron chi connectivity index (χ0n) is 18.6. The van der Waals surface area contributed by atoms with E-state index in [1.165, 1.54) is 0 Å². The minimum absolute atomic E-state index is 0.374. The summed E-state index contributed by atoms with van der Waals surface area (Å²) in [4.78, 5) is 12.1. The topological polar surface area (TPSA) is 72.0 Å². The van der Waals surface area contributed by atoms with Crippen molar-refractivity contribution < 1.29 is 14.3 Å². The number of rotatable bonds is 8. The molecule has 0 aliphatic heterocycles. The van der Waals surface area contributed by atoms with Gasteiger partial charge in [-0.1, -0.05) is 29.3 Å². The molecule has 0 bridgehead atoms. The van der Waals surface area contributed by atoms with Crippen LogP contribution in [0.3, 0.4) is 0 Å². The smallest absolute Gasteiger partial charge is 0.339 e. The van der Waals surface area contributed by atoms with E-state index in [1.807, 2.05) is 39.0 Å². The molecular formula is C25H25Cl2N3O3. The Morgan fingerprint density at radius 1 is 0.970 bits per heavy atom. The van der Waals surface area contributed by atoms with Crippen molar-refractivity contribution >= 4 is 41.1 Å². The summed E-state index contributed by atoms with van der Waals surface area (Å²) in [6.07, 6.45) is 1.58. The highest BCUT2D eigenvalue weighted by molar-refractivity contribution is 6.42. The van der Waals surface area contributed by atoms with Crippen LogP contribution in [0.4, 0.5) is 10.5 Å². The van der Waals surface area contributed by atoms with Crippen LogP contribution in [0.5, 0.6) is 11.5 Å². The lowest BCUT2D eigenvalue weighted by molar-refractivity contribution is 0.252. The first-order valence-corrected chi connectivity index (χ1v) is 11.1. The molecule has 0 heterocycles. The fourth-order valence-electron chi connectivity index (χ4n) is 3.20. The van der Waals surface area contributed by atoms with Gasteiger partial charge in [-0.05, 0) is 91.6 Å². The molecule has 6 nitrogen and oxygen atoms in total. The van der Waals surface area contributed by atoms with E-state index in [0.29, 0.717) is 28.9 Å². The number of amides is 2. The number of hydrogen-bond acceptors (Lipinski definition) is 4. The SMILES string of the molecule is CCOc1ccc(NC(=O)N/N=C\c2cc(C)c(OCc3ccc(Cl)c(Cl)c3)c(C)c2)cc1. The van der Waals surface area contributed by atoms with E-state index < -0.39 is 6.03 Å². The fourth-order valence-corrected chi connectivity index (χ4v) is 3.52. The van der Waals surface area contributed by atoms with Gasteiger partial charge in [0.25, 0.3) is 0 Å². The number of halogens is 2. The molecule has 172 valence electrons. The van der Waals surface area contributed by atoms with Crippen LogP contribution in [0.25, 0.3) is 0 Å². The van der Waals surface area contributed by atoms with Crippen LogP contribution in [-0.4, -0.2) is 18.9 Å². The number of ether oxygens (including phenoxy) is 2. The number of anilines is 1. The predicted octanol–water partition coefficient (Wildman–Crippen LogP) is 6.74. The quantitative estimate of drug-likeness (QED) is 0.274. The van der Waals surface area contributed by atoms with Crippen molar-refractivity contribution in [3.63, 3.8) is 0 Å². The van der Waals surface area contributed by atoms with E-state index in [1.54, 1.807) is 42.6 Å². The van der Waals surface area contributed by atoms with Crippen LogP contribution >= 0.6 is 23.2 Å². The Labute approximate surface area is 203 Å². The molecule has 0 aliphatic carbocycles. The Morgan fingerprint density at radius 2 is 1.67 bits per heavy atom. The lowest BCUT2D eigenvalue weighted by atomic mass is 10.1. The summed E-state index contributed by atoms with van der Waals surface area (Å²) < 4.78 is 11.4. The van der Waals surface area contributed by atoms with E-state index in [-0.39, 0.29) is 0 Å². The van der Waals surface area contributed by atoms with Gasteiger partial charge in [0.2, 0.25) is 0 Å². The molecule has 8 heteroatoms. The van der Waals surface area contributed by atoms with Crippen molar-refractivity contribution in [2.24, 2.45) is 5.10 Å². The van der Waals surface area contributed by atoms with Crippen molar-refractivity contribution in [3.05, 3.63) is 86.9 Å². The molecule has 0 fully saturated rings. The maximum absolute atomic E-state index is 12.1. The van der Waals surface area contributed by atoms with Crippen molar-refractivity contribution in [1.82, 2.24) is 5.43 Å². The van der Waals surface area contributed by atoms with E-state index in [4.69, 9.17) is 32.7 Å². The van der Waals surface area contributed by atoms with Gasteiger partial charge < -0.3 is 14.8 Å². The Balaban J connectivity index is 1.56. The summed E-state index contributed by atoms with van der Waals surface area (Å²) in [5.41, 5.74) is 6.78. The summed E-state index contributed by atoms with van der Waals surface area (Å²) in [5, 5.41) is 7.75. The molecule has 0 unspecified atom stereocenters. The van der Waals surface area contributed by atoms with Gasteiger partial charge >= 0.3 is 6.03 Å². The number of hydrogen-bond donors (Lipinski definition) is 2. The second-order valence-electron chi connectivity index (χ2n) is 7.30. The van der Waals surface area contributed by atoms with E-state index >= 15 is 0 Å². The molecule has 0 spiro atoms. The molecular weight excluding hydrogens is 461 g/mol. The first-order chi connectivity index (χ1) is 15.9. The standard InChI is InChI=1S/C25H25Cl2N3O3/c1-4-32-21-8-6-20(7-9-21)29-25(31)30-28-14-19-11-16(2)24(17(3)12-19)33-15-18-5-10-22(26)23(27)13-18/h5-14H,4,15H2,1-3H3,(H2,29,30,31)/b28-14-. The first kappa shape index (κ1) is 24.4. The molecule has 2 N–H and O–H groups in total. The van der Waals surface area contributed by atoms with Crippen molar-refractivity contribution in [2.45, 2.75) is 27.4 Å². The molecule has 0 saturated carbocycles. The van der Waals surface area contributed by atoms with E-state index in [0.717, 1.165) is 33.8 Å². The summed E-state index contributed by atoms with van der Waals surface area (Å²) >= 11 is 12.0. The molecule has 2 amide bonds. The van der Waals surface area contributed by atoms with Gasteiger partial charge in [0.05, 0.1) is 22.9 Å². The molecule has 3 rings (SSSR count). The highest BCUT2D eigenvalue weighted by Crippen LogP contribution is 2.27.